The molecule has 1 aliphatic heterocycles. The Balaban J connectivity index is 1.80. The van der Waals surface area contributed by atoms with Gasteiger partial charge in [-0.15, -0.1) is 0 Å². The van der Waals surface area contributed by atoms with E-state index in [0.29, 0.717) is 23.9 Å². The first-order chi connectivity index (χ1) is 10.1. The van der Waals surface area contributed by atoms with E-state index in [4.69, 9.17) is 23.2 Å². The van der Waals surface area contributed by atoms with Gasteiger partial charge >= 0.3 is 0 Å². The molecular weight excluding hydrogens is 303 g/mol. The predicted octanol–water partition coefficient (Wildman–Crippen LogP) is 4.91. The summed E-state index contributed by atoms with van der Waals surface area (Å²) >= 11 is 12.7. The molecule has 2 nitrogen and oxygen atoms in total. The topological polar surface area (TPSA) is 15.3 Å². The number of hydrogen-bond donors (Lipinski definition) is 1. The monoisotopic (exact) mass is 326 g/mol. The highest BCUT2D eigenvalue weighted by Crippen LogP contribution is 2.40. The van der Waals surface area contributed by atoms with Gasteiger partial charge in [-0.1, -0.05) is 35.7 Å². The first-order valence-electron chi connectivity index (χ1n) is 8.01. The number of benzene rings is 1. The number of nitrogens with zero attached hydrogens (tertiary/aromatic N) is 1. The molecule has 3 rings (SSSR count). The Kier molecular flexibility index (Phi) is 4.68. The number of likely N-dealkylation sites (tertiary alicyclic amines) is 1. The molecule has 4 heteroatoms. The van der Waals surface area contributed by atoms with Crippen LogP contribution in [0.4, 0.5) is 5.69 Å². The van der Waals surface area contributed by atoms with Crippen LogP contribution in [0.25, 0.3) is 0 Å². The van der Waals surface area contributed by atoms with E-state index in [2.05, 4.69) is 24.1 Å². The molecule has 116 valence electrons. The third-order valence-corrected chi connectivity index (χ3v) is 5.74. The maximum Gasteiger partial charge on any atom is 0.0721 e. The molecule has 1 aromatic carbocycles. The molecule has 1 saturated heterocycles. The van der Waals surface area contributed by atoms with Crippen molar-refractivity contribution in [2.45, 2.75) is 45.2 Å². The molecule has 2 fully saturated rings. The Morgan fingerprint density at radius 3 is 2.19 bits per heavy atom. The predicted molar refractivity (Wildman–Crippen MR) is 91.4 cm³/mol. The first kappa shape index (κ1) is 15.5. The largest absolute Gasteiger partial charge is 0.379 e. The molecule has 0 aromatic heterocycles. The van der Waals surface area contributed by atoms with E-state index in [0.717, 1.165) is 15.7 Å². The summed E-state index contributed by atoms with van der Waals surface area (Å²) in [5.74, 6) is 1.40. The van der Waals surface area contributed by atoms with Gasteiger partial charge in [0.25, 0.3) is 0 Å². The SMILES string of the molecule is CC(C)N1CC2CCCC(C1)C2Nc1c(Cl)cccc1Cl. The summed E-state index contributed by atoms with van der Waals surface area (Å²) < 4.78 is 0. The van der Waals surface area contributed by atoms with E-state index < -0.39 is 0 Å². The van der Waals surface area contributed by atoms with Crippen LogP contribution in [-0.4, -0.2) is 30.1 Å². The van der Waals surface area contributed by atoms with Crippen LogP contribution in [0.1, 0.15) is 33.1 Å². The van der Waals surface area contributed by atoms with Gasteiger partial charge in [-0.25, -0.2) is 0 Å². The van der Waals surface area contributed by atoms with Crippen LogP contribution < -0.4 is 5.32 Å². The standard InChI is InChI=1S/C17H24Cl2N2/c1-11(2)21-9-12-5-3-6-13(10-21)16(12)20-17-14(18)7-4-8-15(17)19/h4,7-8,11-13,16,20H,3,5-6,9-10H2,1-2H3. The third kappa shape index (κ3) is 3.18. The molecular formula is C17H24Cl2N2. The van der Waals surface area contributed by atoms with Gasteiger partial charge in [-0.05, 0) is 50.7 Å². The van der Waals surface area contributed by atoms with Crippen molar-refractivity contribution in [3.8, 4) is 0 Å². The van der Waals surface area contributed by atoms with Crippen molar-refractivity contribution in [1.82, 2.24) is 4.90 Å². The van der Waals surface area contributed by atoms with Crippen molar-refractivity contribution < 1.29 is 0 Å². The molecule has 1 aliphatic carbocycles. The maximum atomic E-state index is 6.33. The number of rotatable bonds is 3. The van der Waals surface area contributed by atoms with Crippen LogP contribution in [-0.2, 0) is 0 Å². The summed E-state index contributed by atoms with van der Waals surface area (Å²) in [6, 6.07) is 6.87. The molecule has 1 N–H and O–H groups in total. The van der Waals surface area contributed by atoms with E-state index >= 15 is 0 Å². The lowest BCUT2D eigenvalue weighted by molar-refractivity contribution is 0.0518. The van der Waals surface area contributed by atoms with Crippen LogP contribution in [0.15, 0.2) is 18.2 Å². The Morgan fingerprint density at radius 1 is 1.10 bits per heavy atom. The maximum absolute atomic E-state index is 6.33. The average Bonchev–Trinajstić information content (AvgIpc) is 2.42. The van der Waals surface area contributed by atoms with Crippen LogP contribution in [0.5, 0.6) is 0 Å². The van der Waals surface area contributed by atoms with Gasteiger partial charge in [0.15, 0.2) is 0 Å². The first-order valence-corrected chi connectivity index (χ1v) is 8.76. The zero-order valence-corrected chi connectivity index (χ0v) is 14.3. The van der Waals surface area contributed by atoms with E-state index in [1.54, 1.807) is 0 Å². The van der Waals surface area contributed by atoms with E-state index in [9.17, 15) is 0 Å². The van der Waals surface area contributed by atoms with Gasteiger partial charge in [-0.3, -0.25) is 0 Å². The van der Waals surface area contributed by atoms with Crippen LogP contribution in [0.2, 0.25) is 10.0 Å². The highest BCUT2D eigenvalue weighted by molar-refractivity contribution is 6.39. The van der Waals surface area contributed by atoms with Gasteiger partial charge in [0, 0.05) is 25.2 Å². The van der Waals surface area contributed by atoms with Crippen LogP contribution in [0.3, 0.4) is 0 Å². The van der Waals surface area contributed by atoms with Gasteiger partial charge in [0.1, 0.15) is 0 Å². The normalized spacial score (nSPS) is 29.7. The zero-order valence-electron chi connectivity index (χ0n) is 12.8. The summed E-state index contributed by atoms with van der Waals surface area (Å²) in [6.07, 6.45) is 3.97. The lowest BCUT2D eigenvalue weighted by Crippen LogP contribution is -2.56. The zero-order chi connectivity index (χ0) is 15.0. The average molecular weight is 327 g/mol. The molecule has 21 heavy (non-hydrogen) atoms. The Bertz CT molecular complexity index is 469. The minimum Gasteiger partial charge on any atom is -0.379 e. The van der Waals surface area contributed by atoms with Crippen molar-refractivity contribution in [3.63, 3.8) is 0 Å². The van der Waals surface area contributed by atoms with E-state index in [1.807, 2.05) is 18.2 Å². The molecule has 1 heterocycles. The summed E-state index contributed by atoms with van der Waals surface area (Å²) in [5.41, 5.74) is 0.917. The summed E-state index contributed by atoms with van der Waals surface area (Å²) in [4.78, 5) is 2.63. The second kappa shape index (κ2) is 6.36. The molecule has 2 aliphatic rings. The summed E-state index contributed by atoms with van der Waals surface area (Å²) in [6.45, 7) is 6.98. The van der Waals surface area contributed by atoms with Crippen LogP contribution in [0, 0.1) is 11.8 Å². The molecule has 2 unspecified atom stereocenters. The fourth-order valence-electron chi connectivity index (χ4n) is 3.93. The number of anilines is 1. The molecule has 1 saturated carbocycles. The quantitative estimate of drug-likeness (QED) is 0.848. The number of piperidine rings is 1. The van der Waals surface area contributed by atoms with Gasteiger partial charge in [0.05, 0.1) is 15.7 Å². The molecule has 0 radical (unpaired) electrons. The van der Waals surface area contributed by atoms with E-state index in [-0.39, 0.29) is 0 Å². The van der Waals surface area contributed by atoms with Crippen molar-refractivity contribution in [1.29, 1.82) is 0 Å². The second-order valence-corrected chi connectivity index (χ2v) is 7.58. The van der Waals surface area contributed by atoms with Crippen LogP contribution >= 0.6 is 23.2 Å². The minimum atomic E-state index is 0.506. The highest BCUT2D eigenvalue weighted by Gasteiger charge is 2.40. The smallest absolute Gasteiger partial charge is 0.0721 e. The molecule has 1 aromatic rings. The molecule has 2 bridgehead atoms. The third-order valence-electron chi connectivity index (χ3n) is 5.11. The van der Waals surface area contributed by atoms with Crippen molar-refractivity contribution in [2.24, 2.45) is 11.8 Å². The molecule has 2 atom stereocenters. The number of halogens is 2. The Labute approximate surface area is 137 Å². The van der Waals surface area contributed by atoms with Gasteiger partial charge in [-0.2, -0.15) is 0 Å². The fourth-order valence-corrected chi connectivity index (χ4v) is 4.44. The fraction of sp³-hybridized carbons (Fsp3) is 0.647. The Hall–Kier alpha value is -0.440. The van der Waals surface area contributed by atoms with E-state index in [1.165, 1.54) is 32.4 Å². The van der Waals surface area contributed by atoms with Crippen molar-refractivity contribution >= 4 is 28.9 Å². The number of hydrogen-bond acceptors (Lipinski definition) is 2. The highest BCUT2D eigenvalue weighted by atomic mass is 35.5. The van der Waals surface area contributed by atoms with Gasteiger partial charge in [0.2, 0.25) is 0 Å². The molecule has 0 amide bonds. The number of fused-ring (bicyclic) bond motifs is 2. The molecule has 0 spiro atoms. The summed E-state index contributed by atoms with van der Waals surface area (Å²) in [7, 11) is 0. The lowest BCUT2D eigenvalue weighted by atomic mass is 9.73. The van der Waals surface area contributed by atoms with Crippen molar-refractivity contribution in [3.05, 3.63) is 28.2 Å². The minimum absolute atomic E-state index is 0.506. The van der Waals surface area contributed by atoms with Crippen molar-refractivity contribution in [2.75, 3.05) is 18.4 Å². The van der Waals surface area contributed by atoms with Gasteiger partial charge < -0.3 is 10.2 Å². The lowest BCUT2D eigenvalue weighted by Gasteiger charge is -2.49. The number of nitrogens with one attached hydrogen (secondary N) is 1. The summed E-state index contributed by atoms with van der Waals surface area (Å²) in [5, 5.41) is 5.15. The number of para-hydroxylation sites is 1. The second-order valence-electron chi connectivity index (χ2n) is 6.77. The Morgan fingerprint density at radius 2 is 1.67 bits per heavy atom.